The predicted molar refractivity (Wildman–Crippen MR) is 115 cm³/mol. The van der Waals surface area contributed by atoms with Crippen LogP contribution in [-0.4, -0.2) is 16.9 Å². The molecule has 1 saturated heterocycles. The van der Waals surface area contributed by atoms with Gasteiger partial charge < -0.3 is 5.11 Å². The van der Waals surface area contributed by atoms with Gasteiger partial charge in [0.15, 0.2) is 0 Å². The van der Waals surface area contributed by atoms with Crippen LogP contribution in [0.3, 0.4) is 0 Å². The first-order valence-electron chi connectivity index (χ1n) is 10.1. The maximum Gasteiger partial charge on any atom is 0.238 e. The summed E-state index contributed by atoms with van der Waals surface area (Å²) in [6.07, 6.45) is 4.15. The highest BCUT2D eigenvalue weighted by atomic mass is 16.3. The number of phenolic OH excluding ortho intramolecular Hbond substituents is 1. The van der Waals surface area contributed by atoms with E-state index in [1.165, 1.54) is 17.0 Å². The second kappa shape index (κ2) is 7.30. The first-order valence-corrected chi connectivity index (χ1v) is 10.1. The van der Waals surface area contributed by atoms with Crippen molar-refractivity contribution in [2.45, 2.75) is 11.8 Å². The molecule has 4 nitrogen and oxygen atoms in total. The number of amides is 2. The molecule has 5 rings (SSSR count). The van der Waals surface area contributed by atoms with Crippen LogP contribution in [0.25, 0.3) is 0 Å². The van der Waals surface area contributed by atoms with Gasteiger partial charge in [0.2, 0.25) is 11.8 Å². The SMILES string of the molecule is O=C1[C@H]2[C@H](C(=O)N1c1cccc(O)c1)[C@H](c1ccccc1)C=C[C@H]2c1ccccc1. The van der Waals surface area contributed by atoms with Gasteiger partial charge >= 0.3 is 0 Å². The molecule has 0 aromatic heterocycles. The number of hydrogen-bond acceptors (Lipinski definition) is 3. The maximum atomic E-state index is 13.6. The molecule has 30 heavy (non-hydrogen) atoms. The van der Waals surface area contributed by atoms with Crippen molar-refractivity contribution in [1.82, 2.24) is 0 Å². The van der Waals surface area contributed by atoms with Gasteiger partial charge in [-0.05, 0) is 23.3 Å². The van der Waals surface area contributed by atoms with Crippen molar-refractivity contribution in [2.24, 2.45) is 11.8 Å². The van der Waals surface area contributed by atoms with Gasteiger partial charge in [0, 0.05) is 17.9 Å². The van der Waals surface area contributed by atoms with E-state index in [1.54, 1.807) is 12.1 Å². The number of benzene rings is 3. The molecule has 2 amide bonds. The lowest BCUT2D eigenvalue weighted by Gasteiger charge is -2.32. The van der Waals surface area contributed by atoms with Crippen molar-refractivity contribution in [1.29, 1.82) is 0 Å². The van der Waals surface area contributed by atoms with Gasteiger partial charge in [0.25, 0.3) is 0 Å². The van der Waals surface area contributed by atoms with E-state index in [4.69, 9.17) is 0 Å². The fourth-order valence-corrected chi connectivity index (χ4v) is 4.82. The van der Waals surface area contributed by atoms with E-state index in [0.717, 1.165) is 11.1 Å². The predicted octanol–water partition coefficient (Wildman–Crippen LogP) is 4.64. The molecule has 0 unspecified atom stereocenters. The Kier molecular flexibility index (Phi) is 4.47. The molecule has 1 aliphatic carbocycles. The molecular formula is C26H21NO3. The molecule has 1 fully saturated rings. The number of phenols is 1. The smallest absolute Gasteiger partial charge is 0.238 e. The molecule has 1 heterocycles. The number of allylic oxidation sites excluding steroid dienone is 2. The Bertz CT molecular complexity index is 1060. The molecule has 0 radical (unpaired) electrons. The number of nitrogens with zero attached hydrogens (tertiary/aromatic N) is 1. The summed E-state index contributed by atoms with van der Waals surface area (Å²) in [6.45, 7) is 0. The Hall–Kier alpha value is -3.66. The molecule has 1 aliphatic heterocycles. The van der Waals surface area contributed by atoms with Gasteiger partial charge in [-0.3, -0.25) is 9.59 Å². The van der Waals surface area contributed by atoms with Crippen LogP contribution in [0.15, 0.2) is 97.1 Å². The zero-order valence-electron chi connectivity index (χ0n) is 16.3. The second-order valence-electron chi connectivity index (χ2n) is 7.84. The number of imide groups is 1. The molecule has 4 atom stereocenters. The van der Waals surface area contributed by atoms with Crippen molar-refractivity contribution >= 4 is 17.5 Å². The highest BCUT2D eigenvalue weighted by molar-refractivity contribution is 6.23. The number of rotatable bonds is 3. The van der Waals surface area contributed by atoms with Crippen molar-refractivity contribution in [3.63, 3.8) is 0 Å². The average Bonchev–Trinajstić information content (AvgIpc) is 3.05. The average molecular weight is 395 g/mol. The van der Waals surface area contributed by atoms with Crippen LogP contribution >= 0.6 is 0 Å². The third-order valence-corrected chi connectivity index (χ3v) is 6.15. The Morgan fingerprint density at radius 1 is 0.633 bits per heavy atom. The minimum absolute atomic E-state index is 0.0281. The Morgan fingerprint density at radius 3 is 1.60 bits per heavy atom. The van der Waals surface area contributed by atoms with Gasteiger partial charge in [-0.15, -0.1) is 0 Å². The minimum Gasteiger partial charge on any atom is -0.508 e. The molecule has 0 saturated carbocycles. The highest BCUT2D eigenvalue weighted by Gasteiger charge is 2.55. The van der Waals surface area contributed by atoms with Gasteiger partial charge in [-0.1, -0.05) is 78.9 Å². The van der Waals surface area contributed by atoms with Gasteiger partial charge in [0.1, 0.15) is 5.75 Å². The molecule has 2 aliphatic rings. The first-order chi connectivity index (χ1) is 14.6. The quantitative estimate of drug-likeness (QED) is 0.519. The standard InChI is InChI=1S/C26H21NO3/c28-20-13-7-12-19(16-20)27-25(29)23-21(17-8-3-1-4-9-17)14-15-22(24(23)26(27)30)18-10-5-2-6-11-18/h1-16,21-24,28H/t21-,22-,23+,24+/m0/s1. The molecule has 4 heteroatoms. The van der Waals surface area contributed by atoms with E-state index in [1.807, 2.05) is 60.7 Å². The summed E-state index contributed by atoms with van der Waals surface area (Å²) in [4.78, 5) is 28.5. The Balaban J connectivity index is 1.64. The number of anilines is 1. The van der Waals surface area contributed by atoms with Crippen molar-refractivity contribution in [2.75, 3.05) is 4.90 Å². The highest BCUT2D eigenvalue weighted by Crippen LogP contribution is 2.50. The third-order valence-electron chi connectivity index (χ3n) is 6.15. The molecule has 0 bridgehead atoms. The normalized spacial score (nSPS) is 25.4. The van der Waals surface area contributed by atoms with Crippen LogP contribution in [-0.2, 0) is 9.59 Å². The zero-order valence-corrected chi connectivity index (χ0v) is 16.3. The summed E-state index contributed by atoms with van der Waals surface area (Å²) >= 11 is 0. The Labute approximate surface area is 175 Å². The lowest BCUT2D eigenvalue weighted by molar-refractivity contribution is -0.122. The summed E-state index contributed by atoms with van der Waals surface area (Å²) in [5, 5.41) is 9.90. The van der Waals surface area contributed by atoms with Crippen LogP contribution in [0.2, 0.25) is 0 Å². The summed E-state index contributed by atoms with van der Waals surface area (Å²) in [6, 6.07) is 26.1. The van der Waals surface area contributed by atoms with E-state index in [-0.39, 0.29) is 29.4 Å². The second-order valence-corrected chi connectivity index (χ2v) is 7.84. The topological polar surface area (TPSA) is 57.6 Å². The van der Waals surface area contributed by atoms with E-state index >= 15 is 0 Å². The van der Waals surface area contributed by atoms with Gasteiger partial charge in [-0.2, -0.15) is 0 Å². The van der Waals surface area contributed by atoms with E-state index in [2.05, 4.69) is 12.2 Å². The minimum atomic E-state index is -0.488. The van der Waals surface area contributed by atoms with Crippen LogP contribution < -0.4 is 4.90 Å². The fourth-order valence-electron chi connectivity index (χ4n) is 4.82. The fraction of sp³-hybridized carbons (Fsp3) is 0.154. The first kappa shape index (κ1) is 18.4. The number of carbonyl (C=O) groups excluding carboxylic acids is 2. The maximum absolute atomic E-state index is 13.6. The molecular weight excluding hydrogens is 374 g/mol. The lowest BCUT2D eigenvalue weighted by Crippen LogP contribution is -2.31. The largest absolute Gasteiger partial charge is 0.508 e. The van der Waals surface area contributed by atoms with Crippen molar-refractivity contribution in [3.8, 4) is 5.75 Å². The van der Waals surface area contributed by atoms with E-state index < -0.39 is 11.8 Å². The molecule has 1 N–H and O–H groups in total. The number of carbonyl (C=O) groups is 2. The molecule has 148 valence electrons. The zero-order chi connectivity index (χ0) is 20.7. The number of hydrogen-bond donors (Lipinski definition) is 1. The third kappa shape index (κ3) is 2.92. The van der Waals surface area contributed by atoms with Crippen molar-refractivity contribution < 1.29 is 14.7 Å². The van der Waals surface area contributed by atoms with Crippen LogP contribution in [0.4, 0.5) is 5.69 Å². The van der Waals surface area contributed by atoms with Crippen LogP contribution in [0, 0.1) is 11.8 Å². The van der Waals surface area contributed by atoms with Gasteiger partial charge in [0.05, 0.1) is 17.5 Å². The number of aromatic hydroxyl groups is 1. The van der Waals surface area contributed by atoms with Crippen molar-refractivity contribution in [3.05, 3.63) is 108 Å². The monoisotopic (exact) mass is 395 g/mol. The lowest BCUT2D eigenvalue weighted by atomic mass is 9.68. The van der Waals surface area contributed by atoms with Crippen LogP contribution in [0.1, 0.15) is 23.0 Å². The summed E-state index contributed by atoms with van der Waals surface area (Å²) in [7, 11) is 0. The molecule has 0 spiro atoms. The van der Waals surface area contributed by atoms with E-state index in [0.29, 0.717) is 5.69 Å². The van der Waals surface area contributed by atoms with Crippen LogP contribution in [0.5, 0.6) is 5.75 Å². The molecule has 3 aromatic rings. The summed E-state index contributed by atoms with van der Waals surface area (Å²) < 4.78 is 0. The Morgan fingerprint density at radius 2 is 1.13 bits per heavy atom. The number of fused-ring (bicyclic) bond motifs is 1. The van der Waals surface area contributed by atoms with E-state index in [9.17, 15) is 14.7 Å². The van der Waals surface area contributed by atoms with Gasteiger partial charge in [-0.25, -0.2) is 4.90 Å². The summed E-state index contributed by atoms with van der Waals surface area (Å²) in [5.41, 5.74) is 2.46. The summed E-state index contributed by atoms with van der Waals surface area (Å²) in [5.74, 6) is -1.72. The molecule has 3 aromatic carbocycles.